The van der Waals surface area contributed by atoms with Crippen LogP contribution in [0, 0.1) is 0 Å². The molecule has 1 aliphatic rings. The molecule has 1 fully saturated rings. The van der Waals surface area contributed by atoms with Crippen molar-refractivity contribution in [2.24, 2.45) is 0 Å². The van der Waals surface area contributed by atoms with E-state index in [1.807, 2.05) is 30.3 Å². The molecule has 2 aromatic carbocycles. The van der Waals surface area contributed by atoms with E-state index in [1.54, 1.807) is 19.3 Å². The number of hydrogen-bond acceptors (Lipinski definition) is 4. The number of carbonyl (C=O) groups is 1. The van der Waals surface area contributed by atoms with Crippen LogP contribution in [0.4, 0.5) is 0 Å². The monoisotopic (exact) mass is 380 g/mol. The van der Waals surface area contributed by atoms with Gasteiger partial charge in [-0.1, -0.05) is 57.2 Å². The molecule has 0 N–H and O–H groups in total. The van der Waals surface area contributed by atoms with Gasteiger partial charge in [-0.3, -0.25) is 4.79 Å². The molecule has 0 amide bonds. The first-order valence-corrected chi connectivity index (χ1v) is 9.52. The van der Waals surface area contributed by atoms with Crippen LogP contribution in [0.5, 0.6) is 5.75 Å². The van der Waals surface area contributed by atoms with Crippen LogP contribution in [0.25, 0.3) is 6.08 Å². The van der Waals surface area contributed by atoms with Gasteiger partial charge in [0.05, 0.1) is 25.9 Å². The summed E-state index contributed by atoms with van der Waals surface area (Å²) in [7, 11) is 1.66. The average molecular weight is 380 g/mol. The molecule has 1 aliphatic heterocycles. The molecular formula is C24H28O4. The topological polar surface area (TPSA) is 44.8 Å². The highest BCUT2D eigenvalue weighted by molar-refractivity contribution is 5.91. The summed E-state index contributed by atoms with van der Waals surface area (Å²) in [5.41, 5.74) is 3.88. The zero-order valence-corrected chi connectivity index (χ0v) is 17.2. The number of allylic oxidation sites excluding steroid dienone is 1. The lowest BCUT2D eigenvalue weighted by molar-refractivity contribution is -0.131. The Morgan fingerprint density at radius 2 is 1.71 bits per heavy atom. The molecule has 3 rings (SSSR count). The predicted octanol–water partition coefficient (Wildman–Crippen LogP) is 4.84. The Morgan fingerprint density at radius 1 is 1.07 bits per heavy atom. The Balaban J connectivity index is 2.09. The summed E-state index contributed by atoms with van der Waals surface area (Å²) in [4.78, 5) is 11.2. The second-order valence-electron chi connectivity index (χ2n) is 8.04. The fraction of sp³-hybridized carbons (Fsp3) is 0.375. The van der Waals surface area contributed by atoms with Crippen LogP contribution in [-0.4, -0.2) is 26.1 Å². The van der Waals surface area contributed by atoms with Crippen LogP contribution in [0.1, 0.15) is 49.9 Å². The molecule has 1 heterocycles. The normalized spacial score (nSPS) is 16.5. The Hall–Kier alpha value is -2.43. The number of benzene rings is 2. The van der Waals surface area contributed by atoms with Crippen molar-refractivity contribution in [3.05, 3.63) is 70.8 Å². The van der Waals surface area contributed by atoms with Crippen LogP contribution < -0.4 is 4.74 Å². The highest BCUT2D eigenvalue weighted by atomic mass is 16.7. The summed E-state index contributed by atoms with van der Waals surface area (Å²) in [6.45, 7) is 9.09. The first-order chi connectivity index (χ1) is 13.3. The zero-order valence-electron chi connectivity index (χ0n) is 17.2. The van der Waals surface area contributed by atoms with Gasteiger partial charge in [-0.05, 0) is 41.7 Å². The molecule has 0 spiro atoms. The summed E-state index contributed by atoms with van der Waals surface area (Å²) in [6.07, 6.45) is 3.36. The van der Waals surface area contributed by atoms with Gasteiger partial charge >= 0.3 is 0 Å². The molecule has 0 radical (unpaired) electrons. The number of rotatable bonds is 5. The quantitative estimate of drug-likeness (QED) is 0.696. The summed E-state index contributed by atoms with van der Waals surface area (Å²) in [5.74, 6) is -0.253. The van der Waals surface area contributed by atoms with E-state index in [0.29, 0.717) is 13.2 Å². The molecule has 0 aliphatic carbocycles. The molecule has 148 valence electrons. The largest absolute Gasteiger partial charge is 0.496 e. The van der Waals surface area contributed by atoms with Gasteiger partial charge in [0.25, 0.3) is 0 Å². The van der Waals surface area contributed by atoms with E-state index in [4.69, 9.17) is 14.2 Å². The lowest BCUT2D eigenvalue weighted by Gasteiger charge is -2.31. The maximum Gasteiger partial charge on any atom is 0.226 e. The van der Waals surface area contributed by atoms with Crippen molar-refractivity contribution < 1.29 is 19.0 Å². The summed E-state index contributed by atoms with van der Waals surface area (Å²) in [6, 6.07) is 14.1. The molecule has 0 bridgehead atoms. The molecule has 28 heavy (non-hydrogen) atoms. The summed E-state index contributed by atoms with van der Waals surface area (Å²) >= 11 is 0. The molecule has 0 atom stereocenters. The van der Waals surface area contributed by atoms with Gasteiger partial charge in [0.15, 0.2) is 5.78 Å². The van der Waals surface area contributed by atoms with Crippen molar-refractivity contribution in [3.8, 4) is 5.75 Å². The van der Waals surface area contributed by atoms with Crippen LogP contribution in [-0.2, 0) is 25.5 Å². The molecule has 4 heteroatoms. The lowest BCUT2D eigenvalue weighted by atomic mass is 9.84. The maximum atomic E-state index is 11.2. The first-order valence-electron chi connectivity index (χ1n) is 9.52. The second-order valence-corrected chi connectivity index (χ2v) is 8.04. The molecule has 0 saturated carbocycles. The lowest BCUT2D eigenvalue weighted by Crippen LogP contribution is -2.30. The summed E-state index contributed by atoms with van der Waals surface area (Å²) in [5, 5.41) is 0. The van der Waals surface area contributed by atoms with Crippen molar-refractivity contribution in [1.82, 2.24) is 0 Å². The predicted molar refractivity (Wildman–Crippen MR) is 111 cm³/mol. The van der Waals surface area contributed by atoms with Crippen molar-refractivity contribution >= 4 is 11.9 Å². The molecule has 0 aromatic heterocycles. The van der Waals surface area contributed by atoms with Gasteiger partial charge in [0.1, 0.15) is 5.75 Å². The zero-order chi connectivity index (χ0) is 20.4. The molecule has 1 saturated heterocycles. The standard InChI is InChI=1S/C24H28O4/c1-17(25)6-7-18-8-10-19(11-9-18)24(27-14-15-28-24)21-16-20(23(2,3)4)12-13-22(21)26-5/h6-13,16H,14-15H2,1-5H3/b7-6+. The van der Waals surface area contributed by atoms with Gasteiger partial charge in [-0.2, -0.15) is 0 Å². The van der Waals surface area contributed by atoms with Gasteiger partial charge < -0.3 is 14.2 Å². The van der Waals surface area contributed by atoms with Crippen LogP contribution in [0.15, 0.2) is 48.5 Å². The Labute approximate surface area is 167 Å². The highest BCUT2D eigenvalue weighted by Crippen LogP contribution is 2.44. The Kier molecular flexibility index (Phi) is 5.73. The number of ketones is 1. The number of ether oxygens (including phenoxy) is 3. The fourth-order valence-electron chi connectivity index (χ4n) is 3.35. The molecule has 4 nitrogen and oxygen atoms in total. The number of hydrogen-bond donors (Lipinski definition) is 0. The highest BCUT2D eigenvalue weighted by Gasteiger charge is 2.43. The minimum atomic E-state index is -1.00. The van der Waals surface area contributed by atoms with Crippen LogP contribution >= 0.6 is 0 Å². The minimum absolute atomic E-state index is 0.0117. The van der Waals surface area contributed by atoms with Gasteiger partial charge in [0, 0.05) is 5.56 Å². The Morgan fingerprint density at radius 3 is 2.25 bits per heavy atom. The molecular weight excluding hydrogens is 352 g/mol. The summed E-state index contributed by atoms with van der Waals surface area (Å²) < 4.78 is 18.0. The Bertz CT molecular complexity index is 866. The van der Waals surface area contributed by atoms with E-state index >= 15 is 0 Å². The van der Waals surface area contributed by atoms with Gasteiger partial charge in [0.2, 0.25) is 5.79 Å². The van der Waals surface area contributed by atoms with Crippen molar-refractivity contribution in [1.29, 1.82) is 0 Å². The van der Waals surface area contributed by atoms with Gasteiger partial charge in [-0.15, -0.1) is 0 Å². The third-order valence-electron chi connectivity index (χ3n) is 4.92. The number of carbonyl (C=O) groups excluding carboxylic acids is 1. The van der Waals surface area contributed by atoms with Crippen molar-refractivity contribution in [2.75, 3.05) is 20.3 Å². The third kappa shape index (κ3) is 4.03. The SMILES string of the molecule is COc1ccc(C(C)(C)C)cc1C1(c2ccc(/C=C/C(C)=O)cc2)OCCO1. The second kappa shape index (κ2) is 7.90. The van der Waals surface area contributed by atoms with E-state index in [0.717, 1.165) is 22.4 Å². The van der Waals surface area contributed by atoms with Crippen molar-refractivity contribution in [3.63, 3.8) is 0 Å². The number of methoxy groups -OCH3 is 1. The fourth-order valence-corrected chi connectivity index (χ4v) is 3.35. The maximum absolute atomic E-state index is 11.2. The van der Waals surface area contributed by atoms with Gasteiger partial charge in [-0.25, -0.2) is 0 Å². The van der Waals surface area contributed by atoms with E-state index in [-0.39, 0.29) is 11.2 Å². The minimum Gasteiger partial charge on any atom is -0.496 e. The van der Waals surface area contributed by atoms with Crippen LogP contribution in [0.2, 0.25) is 0 Å². The van der Waals surface area contributed by atoms with E-state index in [9.17, 15) is 4.79 Å². The average Bonchev–Trinajstić information content (AvgIpc) is 3.16. The molecule has 2 aromatic rings. The van der Waals surface area contributed by atoms with E-state index in [2.05, 4.69) is 32.9 Å². The smallest absolute Gasteiger partial charge is 0.226 e. The first kappa shape index (κ1) is 20.3. The van der Waals surface area contributed by atoms with E-state index in [1.165, 1.54) is 12.5 Å². The van der Waals surface area contributed by atoms with Crippen molar-refractivity contribution in [2.45, 2.75) is 38.9 Å². The third-order valence-corrected chi connectivity index (χ3v) is 4.92. The van der Waals surface area contributed by atoms with E-state index < -0.39 is 5.79 Å². The van der Waals surface area contributed by atoms with Crippen LogP contribution in [0.3, 0.4) is 0 Å². The molecule has 0 unspecified atom stereocenters.